The first kappa shape index (κ1) is 22.9. The number of aromatic nitrogens is 2. The van der Waals surface area contributed by atoms with Gasteiger partial charge < -0.3 is 14.4 Å². The van der Waals surface area contributed by atoms with Crippen LogP contribution in [0.2, 0.25) is 5.02 Å². The fraction of sp³-hybridized carbons (Fsp3) is 0.545. The second-order valence-corrected chi connectivity index (χ2v) is 11.6. The zero-order valence-electron chi connectivity index (χ0n) is 18.0. The Bertz CT molecular complexity index is 1130. The average molecular weight is 500 g/mol. The Labute approximate surface area is 196 Å². The van der Waals surface area contributed by atoms with Crippen molar-refractivity contribution in [2.45, 2.75) is 30.4 Å². The summed E-state index contributed by atoms with van der Waals surface area (Å²) in [7, 11) is -4.01. The van der Waals surface area contributed by atoms with Crippen molar-refractivity contribution in [3.05, 3.63) is 46.7 Å². The van der Waals surface area contributed by atoms with Crippen molar-refractivity contribution in [3.63, 3.8) is 0 Å². The summed E-state index contributed by atoms with van der Waals surface area (Å²) < 4.78 is 63.4. The van der Waals surface area contributed by atoms with Crippen LogP contribution in [-0.2, 0) is 19.3 Å². The minimum atomic E-state index is -4.01. The topological polar surface area (TPSA) is 81.6 Å². The van der Waals surface area contributed by atoms with Crippen molar-refractivity contribution in [3.8, 4) is 0 Å². The van der Waals surface area contributed by atoms with Gasteiger partial charge in [0, 0.05) is 30.3 Å². The van der Waals surface area contributed by atoms with Crippen molar-refractivity contribution >= 4 is 27.4 Å². The molecule has 3 heterocycles. The summed E-state index contributed by atoms with van der Waals surface area (Å²) in [5.41, 5.74) is 0.0740. The molecule has 7 nitrogen and oxygen atoms in total. The van der Waals surface area contributed by atoms with Crippen LogP contribution in [0.4, 0.5) is 14.7 Å². The van der Waals surface area contributed by atoms with Crippen LogP contribution in [0.15, 0.2) is 29.4 Å². The molecule has 33 heavy (non-hydrogen) atoms. The summed E-state index contributed by atoms with van der Waals surface area (Å²) in [4.78, 5) is 9.82. The van der Waals surface area contributed by atoms with Crippen LogP contribution in [0.1, 0.15) is 31.1 Å². The lowest BCUT2D eigenvalue weighted by molar-refractivity contribution is -0.216. The van der Waals surface area contributed by atoms with Gasteiger partial charge in [-0.1, -0.05) is 11.6 Å². The van der Waals surface area contributed by atoms with Crippen LogP contribution < -0.4 is 4.90 Å². The number of halogens is 3. The smallest absolute Gasteiger partial charge is 0.225 e. The molecule has 2 saturated heterocycles. The number of nitrogens with zero attached hydrogens (tertiary/aromatic N) is 3. The summed E-state index contributed by atoms with van der Waals surface area (Å²) in [5.74, 6) is -0.563. The molecule has 0 amide bonds. The van der Waals surface area contributed by atoms with E-state index in [1.54, 1.807) is 12.4 Å². The molecule has 5 rings (SSSR count). The number of benzene rings is 1. The second kappa shape index (κ2) is 8.41. The number of ether oxygens (including phenoxy) is 2. The van der Waals surface area contributed by atoms with Crippen LogP contribution in [0.3, 0.4) is 0 Å². The first-order valence-corrected chi connectivity index (χ1v) is 13.1. The van der Waals surface area contributed by atoms with Gasteiger partial charge in [-0.3, -0.25) is 0 Å². The molecular formula is C22H24ClF2N3O4S. The van der Waals surface area contributed by atoms with E-state index < -0.39 is 32.7 Å². The fourth-order valence-corrected chi connectivity index (χ4v) is 6.11. The van der Waals surface area contributed by atoms with Crippen molar-refractivity contribution in [2.75, 3.05) is 37.5 Å². The Hall–Kier alpha value is -1.88. The molecule has 1 spiro atoms. The lowest BCUT2D eigenvalue weighted by Crippen LogP contribution is -2.37. The summed E-state index contributed by atoms with van der Waals surface area (Å²) in [5, 5.41) is 0.515. The van der Waals surface area contributed by atoms with Crippen molar-refractivity contribution in [1.29, 1.82) is 0 Å². The zero-order chi connectivity index (χ0) is 23.4. The SMILES string of the molecule is CS(=O)(=O)c1c(F)cc([C@H]2OC[C@@]3(CO2)C[C@@H]3C2CCN(c3ncc(Cl)cn3)CC2)cc1F. The van der Waals surface area contributed by atoms with Gasteiger partial charge >= 0.3 is 0 Å². The van der Waals surface area contributed by atoms with Gasteiger partial charge in [-0.15, -0.1) is 0 Å². The molecule has 11 heteroatoms. The summed E-state index contributed by atoms with van der Waals surface area (Å²) in [6.07, 6.45) is 6.09. The molecule has 3 aliphatic rings. The fourth-order valence-electron chi connectivity index (χ4n) is 5.18. The van der Waals surface area contributed by atoms with Gasteiger partial charge in [0.25, 0.3) is 0 Å². The Kier molecular flexibility index (Phi) is 5.83. The van der Waals surface area contributed by atoms with Crippen molar-refractivity contribution in [2.24, 2.45) is 17.3 Å². The molecule has 0 radical (unpaired) electrons. The van der Waals surface area contributed by atoms with Crippen LogP contribution in [-0.4, -0.2) is 50.9 Å². The van der Waals surface area contributed by atoms with Crippen LogP contribution in [0.5, 0.6) is 0 Å². The highest BCUT2D eigenvalue weighted by molar-refractivity contribution is 7.90. The Balaban J connectivity index is 1.18. The van der Waals surface area contributed by atoms with Gasteiger partial charge in [0.15, 0.2) is 16.1 Å². The minimum Gasteiger partial charge on any atom is -0.348 e. The number of hydrogen-bond acceptors (Lipinski definition) is 7. The Morgan fingerprint density at radius 3 is 2.21 bits per heavy atom. The predicted octanol–water partition coefficient (Wildman–Crippen LogP) is 3.78. The van der Waals surface area contributed by atoms with E-state index in [1.807, 2.05) is 0 Å². The van der Waals surface area contributed by atoms with E-state index >= 15 is 0 Å². The summed E-state index contributed by atoms with van der Waals surface area (Å²) in [6.45, 7) is 2.63. The number of anilines is 1. The van der Waals surface area contributed by atoms with Gasteiger partial charge in [-0.2, -0.15) is 0 Å². The second-order valence-electron chi connectivity index (χ2n) is 9.24. The van der Waals surface area contributed by atoms with E-state index in [0.717, 1.165) is 50.7 Å². The van der Waals surface area contributed by atoms with Crippen LogP contribution in [0, 0.1) is 28.9 Å². The first-order chi connectivity index (χ1) is 15.7. The molecule has 3 fully saturated rings. The van der Waals surface area contributed by atoms with E-state index in [0.29, 0.717) is 36.0 Å². The van der Waals surface area contributed by atoms with Gasteiger partial charge in [0.05, 0.1) is 30.6 Å². The average Bonchev–Trinajstić information content (AvgIpc) is 3.46. The highest BCUT2D eigenvalue weighted by atomic mass is 35.5. The third-order valence-corrected chi connectivity index (χ3v) is 8.29. The van der Waals surface area contributed by atoms with Gasteiger partial charge in [0.2, 0.25) is 5.95 Å². The molecule has 1 saturated carbocycles. The standard InChI is InChI=1S/C22H24ClF2N3O4S/c1-33(29,30)19-17(24)6-14(7-18(19)25)20-31-11-22(12-32-20)8-16(22)13-2-4-28(5-3-13)21-26-9-15(23)10-27-21/h6-7,9-10,13,16,20H,2-5,8,11-12H2,1H3/t16-,20-,22+/m1/s1. The number of sulfone groups is 1. The zero-order valence-corrected chi connectivity index (χ0v) is 19.6. The van der Waals surface area contributed by atoms with Crippen molar-refractivity contribution < 1.29 is 26.7 Å². The molecule has 1 atom stereocenters. The Morgan fingerprint density at radius 2 is 1.67 bits per heavy atom. The lowest BCUT2D eigenvalue weighted by Gasteiger charge is -2.35. The van der Waals surface area contributed by atoms with E-state index in [-0.39, 0.29) is 11.0 Å². The van der Waals surface area contributed by atoms with E-state index in [1.165, 1.54) is 0 Å². The molecular weight excluding hydrogens is 476 g/mol. The van der Waals surface area contributed by atoms with E-state index in [4.69, 9.17) is 21.1 Å². The molecule has 1 aliphatic carbocycles. The van der Waals surface area contributed by atoms with Gasteiger partial charge in [0.1, 0.15) is 16.5 Å². The quantitative estimate of drug-likeness (QED) is 0.633. The third kappa shape index (κ3) is 4.45. The van der Waals surface area contributed by atoms with Gasteiger partial charge in [-0.25, -0.2) is 27.2 Å². The number of piperidine rings is 1. The summed E-state index contributed by atoms with van der Waals surface area (Å²) >= 11 is 5.87. The van der Waals surface area contributed by atoms with Crippen molar-refractivity contribution in [1.82, 2.24) is 9.97 Å². The van der Waals surface area contributed by atoms with E-state index in [9.17, 15) is 17.2 Å². The molecule has 0 bridgehead atoms. The number of hydrogen-bond donors (Lipinski definition) is 0. The molecule has 0 unspecified atom stereocenters. The highest BCUT2D eigenvalue weighted by Crippen LogP contribution is 2.61. The maximum absolute atomic E-state index is 14.3. The largest absolute Gasteiger partial charge is 0.348 e. The third-order valence-electron chi connectivity index (χ3n) is 6.96. The minimum absolute atomic E-state index is 0.0656. The monoisotopic (exact) mass is 499 g/mol. The van der Waals surface area contributed by atoms with Crippen LogP contribution >= 0.6 is 11.6 Å². The maximum Gasteiger partial charge on any atom is 0.225 e. The van der Waals surface area contributed by atoms with E-state index in [2.05, 4.69) is 14.9 Å². The first-order valence-electron chi connectivity index (χ1n) is 10.8. The highest BCUT2D eigenvalue weighted by Gasteiger charge is 2.59. The normalized spacial score (nSPS) is 28.3. The molecule has 1 aromatic carbocycles. The molecule has 178 valence electrons. The van der Waals surface area contributed by atoms with Crippen LogP contribution in [0.25, 0.3) is 0 Å². The molecule has 2 aromatic rings. The Morgan fingerprint density at radius 1 is 1.09 bits per heavy atom. The summed E-state index contributed by atoms with van der Waals surface area (Å²) in [6, 6.07) is 1.95. The number of rotatable bonds is 4. The lowest BCUT2D eigenvalue weighted by atomic mass is 9.87. The molecule has 2 aliphatic heterocycles. The van der Waals surface area contributed by atoms with Gasteiger partial charge in [-0.05, 0) is 43.2 Å². The predicted molar refractivity (Wildman–Crippen MR) is 117 cm³/mol. The molecule has 0 N–H and O–H groups in total. The maximum atomic E-state index is 14.3. The molecule has 1 aromatic heterocycles.